The van der Waals surface area contributed by atoms with Crippen LogP contribution in [-0.2, 0) is 0 Å². The van der Waals surface area contributed by atoms with Crippen molar-refractivity contribution in [3.63, 3.8) is 0 Å². The molecule has 1 aromatic rings. The van der Waals surface area contributed by atoms with E-state index in [9.17, 15) is 9.18 Å². The third-order valence-electron chi connectivity index (χ3n) is 2.05. The van der Waals surface area contributed by atoms with Crippen molar-refractivity contribution in [2.75, 3.05) is 6.61 Å². The van der Waals surface area contributed by atoms with Crippen LogP contribution in [0.15, 0.2) is 30.4 Å². The second-order valence-corrected chi connectivity index (χ2v) is 3.17. The summed E-state index contributed by atoms with van der Waals surface area (Å²) in [7, 11) is 0. The number of carbonyl (C=O) groups is 1. The molecule has 1 rings (SSSR count). The highest BCUT2D eigenvalue weighted by molar-refractivity contribution is 5.79. The van der Waals surface area contributed by atoms with Gasteiger partial charge in [-0.3, -0.25) is 4.79 Å². The first-order valence-corrected chi connectivity index (χ1v) is 4.72. The van der Waals surface area contributed by atoms with Gasteiger partial charge in [-0.05, 0) is 24.1 Å². The minimum Gasteiger partial charge on any atom is -0.485 e. The van der Waals surface area contributed by atoms with Crippen molar-refractivity contribution in [3.8, 4) is 5.75 Å². The van der Waals surface area contributed by atoms with E-state index in [1.54, 1.807) is 0 Å². The van der Waals surface area contributed by atoms with Gasteiger partial charge in [0.1, 0.15) is 6.61 Å². The zero-order valence-corrected chi connectivity index (χ0v) is 8.63. The van der Waals surface area contributed by atoms with Crippen LogP contribution in [0, 0.1) is 5.82 Å². The Morgan fingerprint density at radius 3 is 2.93 bits per heavy atom. The van der Waals surface area contributed by atoms with Gasteiger partial charge in [0, 0.05) is 0 Å². The summed E-state index contributed by atoms with van der Waals surface area (Å²) >= 11 is 0. The molecule has 80 valence electrons. The van der Waals surface area contributed by atoms with Gasteiger partial charge in [0.25, 0.3) is 0 Å². The van der Waals surface area contributed by atoms with Crippen molar-refractivity contribution in [3.05, 3.63) is 41.7 Å². The number of aldehydes is 1. The minimum absolute atomic E-state index is 0.00194. The summed E-state index contributed by atoms with van der Waals surface area (Å²) in [4.78, 5) is 10.6. The van der Waals surface area contributed by atoms with Gasteiger partial charge in [-0.2, -0.15) is 0 Å². The van der Waals surface area contributed by atoms with Gasteiger partial charge in [0.2, 0.25) is 0 Å². The zero-order valence-electron chi connectivity index (χ0n) is 8.63. The first-order valence-electron chi connectivity index (χ1n) is 4.72. The molecule has 0 atom stereocenters. The molecule has 0 N–H and O–H groups in total. The SMILES string of the molecule is C=C(CC)COc1c(F)cccc1C=O. The van der Waals surface area contributed by atoms with Gasteiger partial charge in [-0.1, -0.05) is 19.6 Å². The molecule has 0 spiro atoms. The van der Waals surface area contributed by atoms with Crippen LogP contribution >= 0.6 is 0 Å². The Balaban J connectivity index is 2.83. The fraction of sp³-hybridized carbons (Fsp3) is 0.250. The lowest BCUT2D eigenvalue weighted by Gasteiger charge is -2.09. The van der Waals surface area contributed by atoms with Crippen molar-refractivity contribution in [2.24, 2.45) is 0 Å². The van der Waals surface area contributed by atoms with E-state index in [4.69, 9.17) is 4.74 Å². The predicted molar refractivity (Wildman–Crippen MR) is 56.7 cm³/mol. The highest BCUT2D eigenvalue weighted by Gasteiger charge is 2.08. The molecule has 0 heterocycles. The number of ether oxygens (including phenoxy) is 1. The van der Waals surface area contributed by atoms with E-state index in [2.05, 4.69) is 6.58 Å². The maximum atomic E-state index is 13.3. The van der Waals surface area contributed by atoms with E-state index in [1.807, 2.05) is 6.92 Å². The molecule has 15 heavy (non-hydrogen) atoms. The van der Waals surface area contributed by atoms with E-state index in [0.29, 0.717) is 6.29 Å². The maximum absolute atomic E-state index is 13.3. The molecule has 0 amide bonds. The van der Waals surface area contributed by atoms with E-state index >= 15 is 0 Å². The van der Waals surface area contributed by atoms with Crippen molar-refractivity contribution >= 4 is 6.29 Å². The lowest BCUT2D eigenvalue weighted by atomic mass is 10.2. The first kappa shape index (κ1) is 11.4. The van der Waals surface area contributed by atoms with E-state index in [-0.39, 0.29) is 17.9 Å². The molecule has 2 nitrogen and oxygen atoms in total. The van der Waals surface area contributed by atoms with Gasteiger partial charge in [-0.25, -0.2) is 4.39 Å². The van der Waals surface area contributed by atoms with E-state index in [1.165, 1.54) is 18.2 Å². The second kappa shape index (κ2) is 5.29. The third kappa shape index (κ3) is 2.91. The molecular formula is C12H13FO2. The molecule has 0 aliphatic rings. The molecule has 0 aliphatic carbocycles. The lowest BCUT2D eigenvalue weighted by molar-refractivity contribution is 0.111. The van der Waals surface area contributed by atoms with Crippen molar-refractivity contribution in [2.45, 2.75) is 13.3 Å². The third-order valence-corrected chi connectivity index (χ3v) is 2.05. The average molecular weight is 208 g/mol. The van der Waals surface area contributed by atoms with Crippen molar-refractivity contribution in [1.82, 2.24) is 0 Å². The van der Waals surface area contributed by atoms with Crippen LogP contribution in [0.3, 0.4) is 0 Å². The summed E-state index contributed by atoms with van der Waals surface area (Å²) in [6.45, 7) is 5.91. The number of hydrogen-bond donors (Lipinski definition) is 0. The number of rotatable bonds is 5. The highest BCUT2D eigenvalue weighted by Crippen LogP contribution is 2.21. The topological polar surface area (TPSA) is 26.3 Å². The Kier molecular flexibility index (Phi) is 4.03. The molecule has 0 aliphatic heterocycles. The molecule has 0 bridgehead atoms. The van der Waals surface area contributed by atoms with E-state index in [0.717, 1.165) is 12.0 Å². The molecule has 0 saturated carbocycles. The first-order chi connectivity index (χ1) is 7.19. The summed E-state index contributed by atoms with van der Waals surface area (Å²) < 4.78 is 18.5. The van der Waals surface area contributed by atoms with Gasteiger partial charge in [0.15, 0.2) is 17.9 Å². The lowest BCUT2D eigenvalue weighted by Crippen LogP contribution is -2.03. The van der Waals surface area contributed by atoms with Crippen LogP contribution in [0.1, 0.15) is 23.7 Å². The maximum Gasteiger partial charge on any atom is 0.165 e. The molecule has 0 unspecified atom stereocenters. The van der Waals surface area contributed by atoms with Crippen LogP contribution in [0.2, 0.25) is 0 Å². The fourth-order valence-electron chi connectivity index (χ4n) is 1.05. The Labute approximate surface area is 88.4 Å². The normalized spacial score (nSPS) is 9.73. The number of hydrogen-bond acceptors (Lipinski definition) is 2. The quantitative estimate of drug-likeness (QED) is 0.549. The second-order valence-electron chi connectivity index (χ2n) is 3.17. The zero-order chi connectivity index (χ0) is 11.3. The molecule has 1 aromatic carbocycles. The molecular weight excluding hydrogens is 195 g/mol. The Morgan fingerprint density at radius 1 is 1.60 bits per heavy atom. The van der Waals surface area contributed by atoms with Gasteiger partial charge < -0.3 is 4.74 Å². The van der Waals surface area contributed by atoms with Gasteiger partial charge >= 0.3 is 0 Å². The largest absolute Gasteiger partial charge is 0.485 e. The molecule has 0 saturated heterocycles. The molecule has 0 radical (unpaired) electrons. The standard InChI is InChI=1S/C12H13FO2/c1-3-9(2)8-15-12-10(7-14)5-4-6-11(12)13/h4-7H,2-3,8H2,1H3. The smallest absolute Gasteiger partial charge is 0.165 e. The van der Waals surface area contributed by atoms with Crippen LogP contribution in [0.5, 0.6) is 5.75 Å². The number of benzene rings is 1. The summed E-state index contributed by atoms with van der Waals surface area (Å²) in [5, 5.41) is 0. The molecule has 3 heteroatoms. The average Bonchev–Trinajstić information content (AvgIpc) is 2.26. The molecule has 0 fully saturated rings. The van der Waals surface area contributed by atoms with Crippen LogP contribution in [0.4, 0.5) is 4.39 Å². The Hall–Kier alpha value is -1.64. The summed E-state index contributed by atoms with van der Waals surface area (Å²) in [6.07, 6.45) is 1.35. The molecule has 0 aromatic heterocycles. The summed E-state index contributed by atoms with van der Waals surface area (Å²) in [5.41, 5.74) is 1.08. The monoisotopic (exact) mass is 208 g/mol. The summed E-state index contributed by atoms with van der Waals surface area (Å²) in [6, 6.07) is 4.25. The number of carbonyl (C=O) groups excluding carboxylic acids is 1. The fourth-order valence-corrected chi connectivity index (χ4v) is 1.05. The van der Waals surface area contributed by atoms with Gasteiger partial charge in [0.05, 0.1) is 5.56 Å². The highest BCUT2D eigenvalue weighted by atomic mass is 19.1. The van der Waals surface area contributed by atoms with Crippen LogP contribution < -0.4 is 4.74 Å². The van der Waals surface area contributed by atoms with Crippen molar-refractivity contribution in [1.29, 1.82) is 0 Å². The van der Waals surface area contributed by atoms with Gasteiger partial charge in [-0.15, -0.1) is 0 Å². The Morgan fingerprint density at radius 2 is 2.33 bits per heavy atom. The van der Waals surface area contributed by atoms with Crippen LogP contribution in [-0.4, -0.2) is 12.9 Å². The Bertz CT molecular complexity index is 372. The van der Waals surface area contributed by atoms with E-state index < -0.39 is 5.82 Å². The number of para-hydroxylation sites is 1. The number of halogens is 1. The predicted octanol–water partition coefficient (Wildman–Crippen LogP) is 2.98. The minimum atomic E-state index is -0.525. The van der Waals surface area contributed by atoms with Crippen LogP contribution in [0.25, 0.3) is 0 Å². The summed E-state index contributed by atoms with van der Waals surface area (Å²) in [5.74, 6) is -0.523. The van der Waals surface area contributed by atoms with Crippen molar-refractivity contribution < 1.29 is 13.9 Å².